The van der Waals surface area contributed by atoms with Crippen LogP contribution in [-0.2, 0) is 0 Å². The average Bonchev–Trinajstić information content (AvgIpc) is 2.38. The summed E-state index contributed by atoms with van der Waals surface area (Å²) >= 11 is 0. The lowest BCUT2D eigenvalue weighted by molar-refractivity contribution is 0.233. The van der Waals surface area contributed by atoms with Gasteiger partial charge < -0.3 is 0 Å². The minimum absolute atomic E-state index is 0.570. The Morgan fingerprint density at radius 1 is 1.11 bits per heavy atom. The summed E-state index contributed by atoms with van der Waals surface area (Å²) in [5, 5.41) is 0. The molecule has 2 fully saturated rings. The molecule has 0 radical (unpaired) electrons. The monoisotopic (exact) mass is 258 g/mol. The Bertz CT molecular complexity index is 379. The Morgan fingerprint density at radius 3 is 2.63 bits per heavy atom. The van der Waals surface area contributed by atoms with E-state index in [0.717, 1.165) is 0 Å². The number of hydrogen-bond donors (Lipinski definition) is 0. The highest BCUT2D eigenvalue weighted by Gasteiger charge is 2.27. The van der Waals surface area contributed by atoms with Crippen LogP contribution in [0.1, 0.15) is 78.1 Å². The van der Waals surface area contributed by atoms with Crippen LogP contribution in [0, 0.1) is 5.41 Å². The number of rotatable bonds is 3. The van der Waals surface area contributed by atoms with Crippen molar-refractivity contribution >= 4 is 0 Å². The maximum Gasteiger partial charge on any atom is -0.0263 e. The van der Waals surface area contributed by atoms with E-state index in [9.17, 15) is 0 Å². The van der Waals surface area contributed by atoms with Crippen molar-refractivity contribution in [3.63, 3.8) is 0 Å². The summed E-state index contributed by atoms with van der Waals surface area (Å²) in [6, 6.07) is 0. The minimum Gasteiger partial charge on any atom is -0.0956 e. The highest BCUT2D eigenvalue weighted by Crippen LogP contribution is 2.42. The molecule has 0 aromatic heterocycles. The fourth-order valence-corrected chi connectivity index (χ4v) is 3.84. The van der Waals surface area contributed by atoms with Crippen LogP contribution in [0.3, 0.4) is 0 Å². The Morgan fingerprint density at radius 2 is 1.89 bits per heavy atom. The van der Waals surface area contributed by atoms with Crippen molar-refractivity contribution in [1.29, 1.82) is 0 Å². The van der Waals surface area contributed by atoms with Crippen LogP contribution in [0.5, 0.6) is 0 Å². The van der Waals surface area contributed by atoms with Gasteiger partial charge in [0.1, 0.15) is 0 Å². The second-order valence-corrected chi connectivity index (χ2v) is 6.92. The van der Waals surface area contributed by atoms with E-state index in [1.807, 2.05) is 0 Å². The fourth-order valence-electron chi connectivity index (χ4n) is 3.84. The summed E-state index contributed by atoms with van der Waals surface area (Å²) in [4.78, 5) is 0. The van der Waals surface area contributed by atoms with Crippen LogP contribution in [0.2, 0.25) is 0 Å². The number of hydrogen-bond acceptors (Lipinski definition) is 0. The second kappa shape index (κ2) is 6.59. The van der Waals surface area contributed by atoms with Gasteiger partial charge in [-0.3, -0.25) is 0 Å². The highest BCUT2D eigenvalue weighted by molar-refractivity contribution is 5.34. The molecule has 2 rings (SSSR count). The van der Waals surface area contributed by atoms with Gasteiger partial charge in [-0.2, -0.15) is 0 Å². The molecule has 0 unspecified atom stereocenters. The van der Waals surface area contributed by atoms with Gasteiger partial charge in [0, 0.05) is 0 Å². The zero-order valence-electron chi connectivity index (χ0n) is 12.9. The standard InChI is InChI=1S/C19H30/c1-4-13-19(3)14-7-9-17(15-19)11-12-18-10-6-5-8-16(18)2/h11-12H,2,4-10,13-15H2,1,3H3/b17-11+,18-12-/t19-/m0/s1. The molecule has 2 saturated carbocycles. The van der Waals surface area contributed by atoms with Crippen molar-refractivity contribution < 1.29 is 0 Å². The van der Waals surface area contributed by atoms with Crippen LogP contribution in [0.25, 0.3) is 0 Å². The highest BCUT2D eigenvalue weighted by atomic mass is 14.3. The van der Waals surface area contributed by atoms with Gasteiger partial charge in [-0.1, -0.05) is 50.1 Å². The molecule has 0 saturated heterocycles. The van der Waals surface area contributed by atoms with Gasteiger partial charge in [0.25, 0.3) is 0 Å². The largest absolute Gasteiger partial charge is 0.0956 e. The van der Waals surface area contributed by atoms with Crippen LogP contribution < -0.4 is 0 Å². The van der Waals surface area contributed by atoms with E-state index in [4.69, 9.17) is 0 Å². The maximum atomic E-state index is 4.22. The summed E-state index contributed by atoms with van der Waals surface area (Å²) in [5.74, 6) is 0. The van der Waals surface area contributed by atoms with Gasteiger partial charge in [-0.05, 0) is 68.8 Å². The molecule has 0 aliphatic heterocycles. The Balaban J connectivity index is 2.02. The van der Waals surface area contributed by atoms with E-state index in [0.29, 0.717) is 5.41 Å². The van der Waals surface area contributed by atoms with Gasteiger partial charge in [0.05, 0.1) is 0 Å². The van der Waals surface area contributed by atoms with Crippen LogP contribution in [0.4, 0.5) is 0 Å². The van der Waals surface area contributed by atoms with E-state index in [1.165, 1.54) is 75.4 Å². The molecule has 1 atom stereocenters. The van der Waals surface area contributed by atoms with Gasteiger partial charge in [0.15, 0.2) is 0 Å². The first kappa shape index (κ1) is 14.6. The first-order valence-corrected chi connectivity index (χ1v) is 8.20. The molecule has 0 aromatic carbocycles. The topological polar surface area (TPSA) is 0 Å². The molecule has 0 amide bonds. The second-order valence-electron chi connectivity index (χ2n) is 6.92. The first-order chi connectivity index (χ1) is 9.13. The van der Waals surface area contributed by atoms with Crippen molar-refractivity contribution in [3.05, 3.63) is 35.5 Å². The molecule has 0 N–H and O–H groups in total. The maximum absolute atomic E-state index is 4.22. The normalized spacial score (nSPS) is 33.1. The Kier molecular flexibility index (Phi) is 5.07. The van der Waals surface area contributed by atoms with E-state index in [1.54, 1.807) is 5.57 Å². The van der Waals surface area contributed by atoms with Crippen molar-refractivity contribution in [1.82, 2.24) is 0 Å². The molecular weight excluding hydrogens is 228 g/mol. The van der Waals surface area contributed by atoms with Gasteiger partial charge >= 0.3 is 0 Å². The first-order valence-electron chi connectivity index (χ1n) is 8.20. The quantitative estimate of drug-likeness (QED) is 0.553. The molecule has 0 aromatic rings. The number of allylic oxidation sites excluding steroid dienone is 5. The lowest BCUT2D eigenvalue weighted by atomic mass is 9.71. The summed E-state index contributed by atoms with van der Waals surface area (Å²) in [7, 11) is 0. The van der Waals surface area contributed by atoms with Crippen LogP contribution >= 0.6 is 0 Å². The predicted molar refractivity (Wildman–Crippen MR) is 85.3 cm³/mol. The molecule has 2 aliphatic carbocycles. The van der Waals surface area contributed by atoms with Gasteiger partial charge in [-0.25, -0.2) is 0 Å². The smallest absolute Gasteiger partial charge is 0.0263 e. The summed E-state index contributed by atoms with van der Waals surface area (Å²) < 4.78 is 0. The lowest BCUT2D eigenvalue weighted by Gasteiger charge is -2.35. The summed E-state index contributed by atoms with van der Waals surface area (Å²) in [6.07, 6.45) is 18.1. The van der Waals surface area contributed by atoms with Crippen molar-refractivity contribution in [2.75, 3.05) is 0 Å². The zero-order valence-corrected chi connectivity index (χ0v) is 12.9. The summed E-state index contributed by atoms with van der Waals surface area (Å²) in [6.45, 7) is 9.02. The molecule has 0 heterocycles. The molecule has 2 aliphatic rings. The van der Waals surface area contributed by atoms with Gasteiger partial charge in [-0.15, -0.1) is 0 Å². The summed E-state index contributed by atoms with van der Waals surface area (Å²) in [5.41, 5.74) is 5.14. The van der Waals surface area contributed by atoms with Crippen LogP contribution in [-0.4, -0.2) is 0 Å². The van der Waals surface area contributed by atoms with E-state index < -0.39 is 0 Å². The predicted octanol–water partition coefficient (Wildman–Crippen LogP) is 6.35. The molecule has 19 heavy (non-hydrogen) atoms. The third kappa shape index (κ3) is 4.09. The zero-order chi connectivity index (χ0) is 13.7. The van der Waals surface area contributed by atoms with E-state index in [-0.39, 0.29) is 0 Å². The van der Waals surface area contributed by atoms with E-state index >= 15 is 0 Å². The Hall–Kier alpha value is -0.780. The molecule has 0 spiro atoms. The Labute approximate surface area is 119 Å². The van der Waals surface area contributed by atoms with Crippen molar-refractivity contribution in [2.24, 2.45) is 5.41 Å². The molecule has 0 heteroatoms. The lowest BCUT2D eigenvalue weighted by Crippen LogP contribution is -2.21. The van der Waals surface area contributed by atoms with Crippen molar-refractivity contribution in [2.45, 2.75) is 78.1 Å². The molecule has 0 nitrogen and oxygen atoms in total. The SMILES string of the molecule is C=C1CCCC/C1=C/C=C1\CCC[C@](C)(CCC)C1. The molecular formula is C19H30. The fraction of sp³-hybridized carbons (Fsp3) is 0.684. The molecule has 0 bridgehead atoms. The van der Waals surface area contributed by atoms with Crippen molar-refractivity contribution in [3.8, 4) is 0 Å². The minimum atomic E-state index is 0.570. The third-order valence-electron chi connectivity index (χ3n) is 4.93. The average molecular weight is 258 g/mol. The third-order valence-corrected chi connectivity index (χ3v) is 4.93. The van der Waals surface area contributed by atoms with E-state index in [2.05, 4.69) is 32.6 Å². The molecule has 106 valence electrons. The van der Waals surface area contributed by atoms with Gasteiger partial charge in [0.2, 0.25) is 0 Å². The van der Waals surface area contributed by atoms with Crippen LogP contribution in [0.15, 0.2) is 35.5 Å².